The lowest BCUT2D eigenvalue weighted by molar-refractivity contribution is 0.479. The first-order valence-corrected chi connectivity index (χ1v) is 13.7. The van der Waals surface area contributed by atoms with Crippen LogP contribution >= 0.6 is 0 Å². The normalized spacial score (nSPS) is 11.3. The van der Waals surface area contributed by atoms with E-state index in [0.29, 0.717) is 21.5 Å². The number of nitrogens with one attached hydrogen (secondary N) is 2. The van der Waals surface area contributed by atoms with Crippen LogP contribution in [-0.2, 0) is 25.7 Å². The summed E-state index contributed by atoms with van der Waals surface area (Å²) in [5.74, 6) is 0.317. The van der Waals surface area contributed by atoms with Gasteiger partial charge in [-0.05, 0) is 60.1 Å². The van der Waals surface area contributed by atoms with Crippen molar-refractivity contribution in [1.82, 2.24) is 0 Å². The fourth-order valence-corrected chi connectivity index (χ4v) is 5.54. The van der Waals surface area contributed by atoms with Crippen molar-refractivity contribution in [3.8, 4) is 11.5 Å². The average Bonchev–Trinajstić information content (AvgIpc) is 2.96. The summed E-state index contributed by atoms with van der Waals surface area (Å²) >= 11 is 0. The van der Waals surface area contributed by atoms with Crippen molar-refractivity contribution < 1.29 is 10.2 Å². The molecule has 5 rings (SSSR count). The zero-order chi connectivity index (χ0) is 26.8. The van der Waals surface area contributed by atoms with Gasteiger partial charge in [-0.25, -0.2) is 0 Å². The Kier molecular flexibility index (Phi) is 7.15. The number of hydrogen-bond acceptors (Lipinski definition) is 4. The molecule has 0 fully saturated rings. The smallest absolute Gasteiger partial charge is 0.133 e. The highest BCUT2D eigenvalue weighted by atomic mass is 16.3. The van der Waals surface area contributed by atoms with E-state index in [1.807, 2.05) is 36.4 Å². The number of aryl methyl sites for hydroxylation is 4. The molecule has 4 N–H and O–H groups in total. The highest BCUT2D eigenvalue weighted by Gasteiger charge is 2.21. The molecule has 0 aliphatic carbocycles. The molecule has 0 aliphatic rings. The number of phenols is 2. The molecule has 5 aromatic carbocycles. The van der Waals surface area contributed by atoms with Crippen molar-refractivity contribution in [3.63, 3.8) is 0 Å². The van der Waals surface area contributed by atoms with E-state index in [1.165, 1.54) is 22.3 Å². The molecule has 38 heavy (non-hydrogen) atoms. The Morgan fingerprint density at radius 1 is 0.474 bits per heavy atom. The number of hydrogen-bond donors (Lipinski definition) is 4. The quantitative estimate of drug-likeness (QED) is 0.126. The number of rotatable bonds is 8. The second-order valence-corrected chi connectivity index (χ2v) is 9.72. The van der Waals surface area contributed by atoms with E-state index in [9.17, 15) is 10.2 Å². The van der Waals surface area contributed by atoms with Gasteiger partial charge in [-0.15, -0.1) is 0 Å². The molecular formula is C34H36N2O2. The third-order valence-electron chi connectivity index (χ3n) is 7.63. The number of phenolic OH excluding ortho intramolecular Hbond substituents is 2. The minimum atomic E-state index is 0.158. The SMILES string of the molecule is CCc1cccc(CC)c1Nc1ccc(Nc2c(CC)cccc2CC)c2c(O)c3ccccc3c(O)c12. The predicted octanol–water partition coefficient (Wildman–Crippen LogP) is 9.14. The van der Waals surface area contributed by atoms with Gasteiger partial charge in [0.25, 0.3) is 0 Å². The summed E-state index contributed by atoms with van der Waals surface area (Å²) in [6.07, 6.45) is 3.56. The molecule has 0 bridgehead atoms. The summed E-state index contributed by atoms with van der Waals surface area (Å²) in [7, 11) is 0. The molecule has 0 unspecified atom stereocenters. The topological polar surface area (TPSA) is 64.5 Å². The van der Waals surface area contributed by atoms with Gasteiger partial charge in [-0.1, -0.05) is 88.4 Å². The first kappa shape index (κ1) is 25.5. The molecule has 0 saturated carbocycles. The van der Waals surface area contributed by atoms with Crippen molar-refractivity contribution in [1.29, 1.82) is 0 Å². The Bertz CT molecular complexity index is 1470. The third-order valence-corrected chi connectivity index (χ3v) is 7.63. The second-order valence-electron chi connectivity index (χ2n) is 9.72. The van der Waals surface area contributed by atoms with Crippen molar-refractivity contribution in [2.45, 2.75) is 53.4 Å². The zero-order valence-corrected chi connectivity index (χ0v) is 22.7. The molecule has 0 atom stereocenters. The molecule has 0 radical (unpaired) electrons. The summed E-state index contributed by atoms with van der Waals surface area (Å²) < 4.78 is 0. The Labute approximate surface area is 225 Å². The van der Waals surface area contributed by atoms with Gasteiger partial charge in [0.1, 0.15) is 11.5 Å². The highest BCUT2D eigenvalue weighted by Crippen LogP contribution is 2.49. The van der Waals surface area contributed by atoms with E-state index in [-0.39, 0.29) is 11.5 Å². The lowest BCUT2D eigenvalue weighted by Gasteiger charge is -2.22. The molecule has 0 amide bonds. The summed E-state index contributed by atoms with van der Waals surface area (Å²) in [5.41, 5.74) is 8.52. The van der Waals surface area contributed by atoms with E-state index in [4.69, 9.17) is 0 Å². The molecule has 0 aromatic heterocycles. The van der Waals surface area contributed by atoms with E-state index in [1.54, 1.807) is 0 Å². The number of anilines is 4. The molecule has 194 valence electrons. The van der Waals surface area contributed by atoms with Crippen LogP contribution in [0.25, 0.3) is 21.5 Å². The summed E-state index contributed by atoms with van der Waals surface area (Å²) in [4.78, 5) is 0. The number of benzene rings is 5. The van der Waals surface area contributed by atoms with Gasteiger partial charge in [0.15, 0.2) is 0 Å². The van der Waals surface area contributed by atoms with Crippen molar-refractivity contribution >= 4 is 44.3 Å². The lowest BCUT2D eigenvalue weighted by Crippen LogP contribution is -2.03. The monoisotopic (exact) mass is 504 g/mol. The van der Waals surface area contributed by atoms with Gasteiger partial charge in [-0.3, -0.25) is 0 Å². The third kappa shape index (κ3) is 4.30. The fraction of sp³-hybridized carbons (Fsp3) is 0.235. The van der Waals surface area contributed by atoms with Crippen LogP contribution in [0.15, 0.2) is 72.8 Å². The van der Waals surface area contributed by atoms with Gasteiger partial charge < -0.3 is 20.8 Å². The number of fused-ring (bicyclic) bond motifs is 2. The molecule has 0 spiro atoms. The van der Waals surface area contributed by atoms with Gasteiger partial charge in [0.05, 0.1) is 22.1 Å². The van der Waals surface area contributed by atoms with Gasteiger partial charge in [0.2, 0.25) is 0 Å². The van der Waals surface area contributed by atoms with Gasteiger partial charge in [0, 0.05) is 22.1 Å². The molecule has 5 aromatic rings. The van der Waals surface area contributed by atoms with Crippen LogP contribution in [0, 0.1) is 0 Å². The molecule has 4 nitrogen and oxygen atoms in total. The molecule has 0 aliphatic heterocycles. The molecule has 0 saturated heterocycles. The number of aromatic hydroxyl groups is 2. The molecule has 0 heterocycles. The van der Waals surface area contributed by atoms with Gasteiger partial charge >= 0.3 is 0 Å². The van der Waals surface area contributed by atoms with Crippen molar-refractivity contribution in [2.24, 2.45) is 0 Å². The van der Waals surface area contributed by atoms with E-state index < -0.39 is 0 Å². The zero-order valence-electron chi connectivity index (χ0n) is 22.7. The highest BCUT2D eigenvalue weighted by molar-refractivity contribution is 6.19. The van der Waals surface area contributed by atoms with E-state index in [0.717, 1.165) is 48.4 Å². The van der Waals surface area contributed by atoms with Gasteiger partial charge in [-0.2, -0.15) is 0 Å². The maximum Gasteiger partial charge on any atom is 0.133 e. The molecule has 4 heteroatoms. The standard InChI is InChI=1S/C34H36N2O2/c1-5-21-13-11-14-22(6-2)31(21)35-27-19-20-28(36-32-23(7-3)15-12-16-24(32)8-4)30-29(27)33(37)25-17-9-10-18-26(25)34(30)38/h9-20,35-38H,5-8H2,1-4H3. The Morgan fingerprint density at radius 2 is 0.816 bits per heavy atom. The lowest BCUT2D eigenvalue weighted by atomic mass is 9.96. The maximum atomic E-state index is 11.7. The molecular weight excluding hydrogens is 468 g/mol. The largest absolute Gasteiger partial charge is 0.507 e. The Balaban J connectivity index is 1.80. The van der Waals surface area contributed by atoms with Crippen molar-refractivity contribution in [2.75, 3.05) is 10.6 Å². The van der Waals surface area contributed by atoms with Crippen LogP contribution in [-0.4, -0.2) is 10.2 Å². The van der Waals surface area contributed by atoms with Crippen LogP contribution in [0.1, 0.15) is 49.9 Å². The maximum absolute atomic E-state index is 11.7. The fourth-order valence-electron chi connectivity index (χ4n) is 5.54. The van der Waals surface area contributed by atoms with E-state index >= 15 is 0 Å². The summed E-state index contributed by atoms with van der Waals surface area (Å²) in [6, 6.07) is 24.2. The Hall–Kier alpha value is -4.18. The predicted molar refractivity (Wildman–Crippen MR) is 162 cm³/mol. The minimum absolute atomic E-state index is 0.158. The van der Waals surface area contributed by atoms with Crippen LogP contribution in [0.5, 0.6) is 11.5 Å². The average molecular weight is 505 g/mol. The summed E-state index contributed by atoms with van der Waals surface area (Å²) in [6.45, 7) is 8.60. The first-order valence-electron chi connectivity index (χ1n) is 13.7. The van der Waals surface area contributed by atoms with Crippen LogP contribution in [0.4, 0.5) is 22.7 Å². The van der Waals surface area contributed by atoms with Crippen LogP contribution in [0.3, 0.4) is 0 Å². The minimum Gasteiger partial charge on any atom is -0.507 e. The number of para-hydroxylation sites is 2. The Morgan fingerprint density at radius 3 is 1.13 bits per heavy atom. The van der Waals surface area contributed by atoms with Crippen molar-refractivity contribution in [3.05, 3.63) is 95.1 Å². The van der Waals surface area contributed by atoms with E-state index in [2.05, 4.69) is 74.7 Å². The first-order chi connectivity index (χ1) is 18.5. The van der Waals surface area contributed by atoms with Crippen LogP contribution in [0.2, 0.25) is 0 Å². The summed E-state index contributed by atoms with van der Waals surface area (Å²) in [5, 5.41) is 33.1. The second kappa shape index (κ2) is 10.7. The van der Waals surface area contributed by atoms with Crippen LogP contribution < -0.4 is 10.6 Å².